The smallest absolute Gasteiger partial charge is 0.306 e. The molecular formula is C19H30N2O3. The van der Waals surface area contributed by atoms with Gasteiger partial charge in [-0.05, 0) is 45.6 Å². The van der Waals surface area contributed by atoms with Crippen LogP contribution >= 0.6 is 0 Å². The van der Waals surface area contributed by atoms with Crippen LogP contribution in [0.4, 0.5) is 0 Å². The van der Waals surface area contributed by atoms with Crippen LogP contribution in [0.15, 0.2) is 36.4 Å². The maximum Gasteiger partial charge on any atom is 0.306 e. The average molecular weight is 334 g/mol. The van der Waals surface area contributed by atoms with Crippen LogP contribution in [0.25, 0.3) is 0 Å². The first-order valence-electron chi connectivity index (χ1n) is 8.69. The van der Waals surface area contributed by atoms with Gasteiger partial charge in [0.05, 0.1) is 11.4 Å². The summed E-state index contributed by atoms with van der Waals surface area (Å²) in [5.74, 6) is 1.07. The first-order chi connectivity index (χ1) is 11.3. The molecule has 24 heavy (non-hydrogen) atoms. The van der Waals surface area contributed by atoms with Crippen molar-refractivity contribution in [1.29, 1.82) is 0 Å². The number of carbonyl (C=O) groups excluding carboxylic acids is 1. The van der Waals surface area contributed by atoms with Crippen LogP contribution in [0.1, 0.15) is 40.0 Å². The second-order valence-corrected chi connectivity index (χ2v) is 7.39. The van der Waals surface area contributed by atoms with E-state index in [1.54, 1.807) is 0 Å². The Hall–Kier alpha value is -1.91. The van der Waals surface area contributed by atoms with E-state index in [2.05, 4.69) is 23.4 Å². The van der Waals surface area contributed by atoms with Gasteiger partial charge in [-0.1, -0.05) is 13.2 Å². The van der Waals surface area contributed by atoms with Gasteiger partial charge < -0.3 is 19.7 Å². The molecule has 0 bridgehead atoms. The lowest BCUT2D eigenvalue weighted by Crippen LogP contribution is -2.37. The summed E-state index contributed by atoms with van der Waals surface area (Å²) in [5, 5.41) is 3.23. The van der Waals surface area contributed by atoms with Crippen LogP contribution in [-0.2, 0) is 14.3 Å². The monoisotopic (exact) mass is 334 g/mol. The van der Waals surface area contributed by atoms with E-state index in [9.17, 15) is 4.79 Å². The number of morpholine rings is 1. The quantitative estimate of drug-likeness (QED) is 0.801. The molecule has 0 unspecified atom stereocenters. The van der Waals surface area contributed by atoms with Crippen molar-refractivity contribution in [2.45, 2.75) is 45.6 Å². The summed E-state index contributed by atoms with van der Waals surface area (Å²) in [6, 6.07) is 0. The highest BCUT2D eigenvalue weighted by molar-refractivity contribution is 5.70. The highest BCUT2D eigenvalue weighted by atomic mass is 16.6. The van der Waals surface area contributed by atoms with Crippen LogP contribution in [-0.4, -0.2) is 42.7 Å². The Morgan fingerprint density at radius 3 is 2.62 bits per heavy atom. The fourth-order valence-corrected chi connectivity index (χ4v) is 3.11. The third-order valence-electron chi connectivity index (χ3n) is 4.22. The van der Waals surface area contributed by atoms with Gasteiger partial charge in [0.25, 0.3) is 0 Å². The summed E-state index contributed by atoms with van der Waals surface area (Å²) >= 11 is 0. The summed E-state index contributed by atoms with van der Waals surface area (Å²) in [7, 11) is 0. The van der Waals surface area contributed by atoms with Gasteiger partial charge in [0.2, 0.25) is 0 Å². The van der Waals surface area contributed by atoms with E-state index in [1.165, 1.54) is 0 Å². The summed E-state index contributed by atoms with van der Waals surface area (Å²) in [6.07, 6.45) is 4.26. The molecule has 2 aliphatic rings. The fourth-order valence-electron chi connectivity index (χ4n) is 3.11. The zero-order chi connectivity index (χ0) is 17.7. The first-order valence-corrected chi connectivity index (χ1v) is 8.69. The number of hydrogen-bond donors (Lipinski definition) is 1. The molecule has 0 radical (unpaired) electrons. The number of hydrogen-bond acceptors (Lipinski definition) is 5. The topological polar surface area (TPSA) is 50.8 Å². The molecule has 0 saturated carbocycles. The van der Waals surface area contributed by atoms with Crippen molar-refractivity contribution in [3.8, 4) is 0 Å². The molecule has 0 aliphatic carbocycles. The van der Waals surface area contributed by atoms with Crippen molar-refractivity contribution in [2.24, 2.45) is 5.92 Å². The van der Waals surface area contributed by atoms with Gasteiger partial charge in [0.1, 0.15) is 12.2 Å². The molecule has 1 N–H and O–H groups in total. The third kappa shape index (κ3) is 5.05. The van der Waals surface area contributed by atoms with E-state index >= 15 is 0 Å². The van der Waals surface area contributed by atoms with E-state index in [4.69, 9.17) is 9.47 Å². The first kappa shape index (κ1) is 18.4. The van der Waals surface area contributed by atoms with Gasteiger partial charge in [-0.15, -0.1) is 0 Å². The van der Waals surface area contributed by atoms with E-state index in [0.717, 1.165) is 49.6 Å². The molecule has 0 amide bonds. The molecule has 2 fully saturated rings. The van der Waals surface area contributed by atoms with Crippen molar-refractivity contribution >= 4 is 5.97 Å². The van der Waals surface area contributed by atoms with Gasteiger partial charge in [0, 0.05) is 26.1 Å². The summed E-state index contributed by atoms with van der Waals surface area (Å²) in [5.41, 5.74) is 1.39. The minimum Gasteiger partial charge on any atom is -0.487 e. The highest BCUT2D eigenvalue weighted by Gasteiger charge is 2.27. The van der Waals surface area contributed by atoms with Crippen LogP contribution in [0.3, 0.4) is 0 Å². The molecule has 2 rings (SSSR count). The van der Waals surface area contributed by atoms with E-state index in [-0.39, 0.29) is 5.97 Å². The van der Waals surface area contributed by atoms with Crippen LogP contribution in [0.2, 0.25) is 0 Å². The molecular weight excluding hydrogens is 304 g/mol. The standard InChI is InChI=1S/C19H30N2O3/c1-6-16(18-14(2)20-9-12-23-18)21-10-7-15(8-11-21)13-17(22)24-19(3,4)5/h6,15,20H,1-2,7-13H2,3-5H3/b18-16-. The van der Waals surface area contributed by atoms with Gasteiger partial charge in [-0.25, -0.2) is 0 Å². The number of piperidine rings is 1. The number of nitrogens with one attached hydrogen (secondary N) is 1. The summed E-state index contributed by atoms with van der Waals surface area (Å²) in [6.45, 7) is 16.9. The number of nitrogens with zero attached hydrogens (tertiary/aromatic N) is 1. The Balaban J connectivity index is 1.92. The molecule has 0 aromatic rings. The van der Waals surface area contributed by atoms with Crippen molar-refractivity contribution in [3.63, 3.8) is 0 Å². The number of allylic oxidation sites excluding steroid dienone is 1. The molecule has 5 nitrogen and oxygen atoms in total. The minimum absolute atomic E-state index is 0.101. The van der Waals surface area contributed by atoms with Crippen molar-refractivity contribution in [3.05, 3.63) is 36.4 Å². The molecule has 0 spiro atoms. The molecule has 2 heterocycles. The van der Waals surface area contributed by atoms with Gasteiger partial charge in [-0.3, -0.25) is 4.79 Å². The van der Waals surface area contributed by atoms with Crippen LogP contribution < -0.4 is 5.32 Å². The number of ether oxygens (including phenoxy) is 2. The lowest BCUT2D eigenvalue weighted by atomic mass is 9.93. The van der Waals surface area contributed by atoms with E-state index in [1.807, 2.05) is 26.8 Å². The predicted octanol–water partition coefficient (Wildman–Crippen LogP) is 2.96. The van der Waals surface area contributed by atoms with Gasteiger partial charge in [-0.2, -0.15) is 0 Å². The van der Waals surface area contributed by atoms with Gasteiger partial charge >= 0.3 is 5.97 Å². The number of rotatable bonds is 4. The van der Waals surface area contributed by atoms with Crippen molar-refractivity contribution in [2.75, 3.05) is 26.2 Å². The Morgan fingerprint density at radius 2 is 2.08 bits per heavy atom. The Kier molecular flexibility index (Phi) is 5.97. The maximum atomic E-state index is 12.0. The molecule has 134 valence electrons. The molecule has 2 saturated heterocycles. The Bertz CT molecular complexity index is 523. The molecule has 0 atom stereocenters. The van der Waals surface area contributed by atoms with Crippen molar-refractivity contribution < 1.29 is 14.3 Å². The minimum atomic E-state index is -0.413. The number of carbonyl (C=O) groups is 1. The summed E-state index contributed by atoms with van der Waals surface area (Å²) < 4.78 is 11.2. The van der Waals surface area contributed by atoms with E-state index < -0.39 is 5.60 Å². The molecule has 0 aromatic heterocycles. The average Bonchev–Trinajstić information content (AvgIpc) is 2.49. The summed E-state index contributed by atoms with van der Waals surface area (Å²) in [4.78, 5) is 14.3. The molecule has 2 aliphatic heterocycles. The molecule has 0 aromatic carbocycles. The van der Waals surface area contributed by atoms with Crippen LogP contribution in [0.5, 0.6) is 0 Å². The zero-order valence-corrected chi connectivity index (χ0v) is 15.2. The largest absolute Gasteiger partial charge is 0.487 e. The number of esters is 1. The number of likely N-dealkylation sites (tertiary alicyclic amines) is 1. The zero-order valence-electron chi connectivity index (χ0n) is 15.2. The maximum absolute atomic E-state index is 12.0. The normalized spacial score (nSPS) is 21.6. The molecule has 5 heteroatoms. The fraction of sp³-hybridized carbons (Fsp3) is 0.632. The lowest BCUT2D eigenvalue weighted by molar-refractivity contribution is -0.156. The Labute approximate surface area is 145 Å². The SMILES string of the molecule is C=C/C(=C1/OCCNC1=C)N1CCC(CC(=O)OC(C)(C)C)CC1. The van der Waals surface area contributed by atoms with Crippen LogP contribution in [0, 0.1) is 5.92 Å². The Morgan fingerprint density at radius 1 is 1.42 bits per heavy atom. The second-order valence-electron chi connectivity index (χ2n) is 7.39. The second kappa shape index (κ2) is 7.77. The van der Waals surface area contributed by atoms with E-state index in [0.29, 0.717) is 18.9 Å². The highest BCUT2D eigenvalue weighted by Crippen LogP contribution is 2.28. The predicted molar refractivity (Wildman–Crippen MR) is 95.1 cm³/mol. The lowest BCUT2D eigenvalue weighted by Gasteiger charge is -2.36. The third-order valence-corrected chi connectivity index (χ3v) is 4.22. The van der Waals surface area contributed by atoms with Crippen molar-refractivity contribution in [1.82, 2.24) is 10.2 Å². The van der Waals surface area contributed by atoms with Gasteiger partial charge in [0.15, 0.2) is 5.76 Å².